The van der Waals surface area contributed by atoms with Crippen molar-refractivity contribution >= 4 is 33.0 Å². The molecule has 0 fully saturated rings. The van der Waals surface area contributed by atoms with Gasteiger partial charge >= 0.3 is 5.69 Å². The van der Waals surface area contributed by atoms with Crippen LogP contribution in [0.5, 0.6) is 10.8 Å². The molecule has 2 rings (SSSR count). The molecule has 1 N–H and O–H groups in total. The first-order chi connectivity index (χ1) is 9.38. The third kappa shape index (κ3) is 3.14. The Bertz CT molecular complexity index is 659. The van der Waals surface area contributed by atoms with Crippen LogP contribution >= 0.6 is 27.3 Å². The molecule has 0 spiro atoms. The first-order valence-electron chi connectivity index (χ1n) is 5.47. The molecule has 2 aromatic rings. The number of benzene rings is 1. The molecule has 1 unspecified atom stereocenters. The van der Waals surface area contributed by atoms with Crippen LogP contribution in [0.1, 0.15) is 17.9 Å². The summed E-state index contributed by atoms with van der Waals surface area (Å²) in [5, 5.41) is 20.4. The van der Waals surface area contributed by atoms with Crippen LogP contribution in [0, 0.1) is 15.9 Å². The molecular weight excluding hydrogens is 353 g/mol. The highest BCUT2D eigenvalue weighted by Gasteiger charge is 2.23. The van der Waals surface area contributed by atoms with E-state index in [1.807, 2.05) is 0 Å². The minimum Gasteiger partial charge on any atom is -0.439 e. The molecule has 20 heavy (non-hydrogen) atoms. The fourth-order valence-electron chi connectivity index (χ4n) is 1.44. The summed E-state index contributed by atoms with van der Waals surface area (Å²) in [5.74, 6) is -0.384. The number of rotatable bonds is 4. The van der Waals surface area contributed by atoms with E-state index in [2.05, 4.69) is 15.9 Å². The largest absolute Gasteiger partial charge is 0.439 e. The van der Waals surface area contributed by atoms with Gasteiger partial charge in [-0.2, -0.15) is 0 Å². The maximum absolute atomic E-state index is 13.2. The zero-order valence-electron chi connectivity index (χ0n) is 10.2. The number of hydrogen-bond donors (Lipinski definition) is 1. The van der Waals surface area contributed by atoms with E-state index in [0.29, 0.717) is 9.35 Å². The molecule has 106 valence electrons. The van der Waals surface area contributed by atoms with Crippen molar-refractivity contribution < 1.29 is 19.2 Å². The fourth-order valence-corrected chi connectivity index (χ4v) is 2.70. The van der Waals surface area contributed by atoms with E-state index in [4.69, 9.17) is 4.74 Å². The van der Waals surface area contributed by atoms with Gasteiger partial charge in [-0.15, -0.1) is 0 Å². The van der Waals surface area contributed by atoms with Gasteiger partial charge in [0.15, 0.2) is 0 Å². The predicted octanol–water partition coefficient (Wildman–Crippen LogP) is 4.40. The van der Waals surface area contributed by atoms with E-state index in [-0.39, 0.29) is 16.5 Å². The maximum atomic E-state index is 13.2. The van der Waals surface area contributed by atoms with Gasteiger partial charge in [0.2, 0.25) is 0 Å². The highest BCUT2D eigenvalue weighted by Crippen LogP contribution is 2.43. The van der Waals surface area contributed by atoms with Crippen LogP contribution in [0.3, 0.4) is 0 Å². The van der Waals surface area contributed by atoms with E-state index in [1.54, 1.807) is 0 Å². The lowest BCUT2D eigenvalue weighted by Gasteiger charge is -2.05. The van der Waals surface area contributed by atoms with Gasteiger partial charge in [-0.1, -0.05) is 11.3 Å². The quantitative estimate of drug-likeness (QED) is 0.646. The third-order valence-electron chi connectivity index (χ3n) is 2.40. The van der Waals surface area contributed by atoms with E-state index in [9.17, 15) is 19.6 Å². The van der Waals surface area contributed by atoms with Crippen LogP contribution in [0.15, 0.2) is 28.7 Å². The van der Waals surface area contributed by atoms with Crippen molar-refractivity contribution in [1.29, 1.82) is 0 Å². The Morgan fingerprint density at radius 1 is 1.50 bits per heavy atom. The van der Waals surface area contributed by atoms with Crippen molar-refractivity contribution in [3.63, 3.8) is 0 Å². The first kappa shape index (κ1) is 14.9. The van der Waals surface area contributed by atoms with E-state index < -0.39 is 16.8 Å². The van der Waals surface area contributed by atoms with Gasteiger partial charge < -0.3 is 9.84 Å². The molecule has 0 amide bonds. The average molecular weight is 362 g/mol. The lowest BCUT2D eigenvalue weighted by atomic mass is 10.3. The van der Waals surface area contributed by atoms with Gasteiger partial charge in [0.25, 0.3) is 5.06 Å². The molecule has 1 atom stereocenters. The second-order valence-corrected chi connectivity index (χ2v) is 5.83. The topological polar surface area (TPSA) is 72.6 Å². The number of ether oxygens (including phenoxy) is 1. The molecule has 0 radical (unpaired) electrons. The zero-order valence-corrected chi connectivity index (χ0v) is 12.6. The molecule has 1 heterocycles. The minimum atomic E-state index is -0.841. The summed E-state index contributed by atoms with van der Waals surface area (Å²) in [4.78, 5) is 10.8. The van der Waals surface area contributed by atoms with Gasteiger partial charge in [0, 0.05) is 17.0 Å². The summed E-state index contributed by atoms with van der Waals surface area (Å²) in [6, 6.07) is 5.05. The third-order valence-corrected chi connectivity index (χ3v) is 4.23. The van der Waals surface area contributed by atoms with Crippen LogP contribution < -0.4 is 4.74 Å². The number of hydrogen-bond acceptors (Lipinski definition) is 5. The fraction of sp³-hybridized carbons (Fsp3) is 0.167. The predicted molar refractivity (Wildman–Crippen MR) is 75.8 cm³/mol. The lowest BCUT2D eigenvalue weighted by molar-refractivity contribution is -0.385. The van der Waals surface area contributed by atoms with E-state index in [0.717, 1.165) is 17.4 Å². The van der Waals surface area contributed by atoms with Gasteiger partial charge in [-0.25, -0.2) is 4.39 Å². The van der Waals surface area contributed by atoms with Crippen LogP contribution in [-0.2, 0) is 0 Å². The summed E-state index contributed by atoms with van der Waals surface area (Å²) in [6.45, 7) is 1.50. The molecule has 0 bridgehead atoms. The number of nitro groups is 1. The second kappa shape index (κ2) is 5.86. The smallest absolute Gasteiger partial charge is 0.323 e. The maximum Gasteiger partial charge on any atom is 0.323 e. The molecule has 0 saturated carbocycles. The molecule has 0 aliphatic heterocycles. The molecular formula is C12H9BrFNO4S. The van der Waals surface area contributed by atoms with Crippen molar-refractivity contribution in [2.24, 2.45) is 0 Å². The van der Waals surface area contributed by atoms with Crippen molar-refractivity contribution in [2.45, 2.75) is 13.0 Å². The summed E-state index contributed by atoms with van der Waals surface area (Å²) in [7, 11) is 0. The Labute approximate surface area is 125 Å². The standard InChI is InChI=1S/C12H9BrFNO4S/c1-6(16)11-5-9(15(17)18)12(20-11)19-10-4-7(14)2-3-8(10)13/h2-6,16H,1H3. The van der Waals surface area contributed by atoms with E-state index in [1.165, 1.54) is 25.1 Å². The molecule has 0 aliphatic carbocycles. The number of aliphatic hydroxyl groups excluding tert-OH is 1. The van der Waals surface area contributed by atoms with E-state index >= 15 is 0 Å². The number of thiophene rings is 1. The zero-order chi connectivity index (χ0) is 14.9. The first-order valence-corrected chi connectivity index (χ1v) is 7.08. The van der Waals surface area contributed by atoms with Crippen molar-refractivity contribution in [3.05, 3.63) is 49.5 Å². The number of halogens is 2. The summed E-state index contributed by atoms with van der Waals surface area (Å²) in [5.41, 5.74) is -0.262. The van der Waals surface area contributed by atoms with Gasteiger partial charge in [0.1, 0.15) is 11.6 Å². The average Bonchev–Trinajstić information content (AvgIpc) is 2.78. The number of nitrogens with zero attached hydrogens (tertiary/aromatic N) is 1. The van der Waals surface area contributed by atoms with Crippen molar-refractivity contribution in [2.75, 3.05) is 0 Å². The molecule has 0 saturated heterocycles. The normalized spacial score (nSPS) is 12.2. The highest BCUT2D eigenvalue weighted by atomic mass is 79.9. The summed E-state index contributed by atoms with van der Waals surface area (Å²) >= 11 is 4.13. The Balaban J connectivity index is 2.42. The van der Waals surface area contributed by atoms with Crippen LogP contribution in [-0.4, -0.2) is 10.0 Å². The van der Waals surface area contributed by atoms with Crippen LogP contribution in [0.4, 0.5) is 10.1 Å². The Morgan fingerprint density at radius 2 is 2.20 bits per heavy atom. The Morgan fingerprint density at radius 3 is 2.80 bits per heavy atom. The summed E-state index contributed by atoms with van der Waals surface area (Å²) in [6.07, 6.45) is -0.841. The van der Waals surface area contributed by atoms with Crippen LogP contribution in [0.25, 0.3) is 0 Å². The Hall–Kier alpha value is -1.51. The van der Waals surface area contributed by atoms with Gasteiger partial charge in [-0.05, 0) is 35.0 Å². The molecule has 1 aromatic heterocycles. The molecule has 8 heteroatoms. The highest BCUT2D eigenvalue weighted by molar-refractivity contribution is 9.10. The molecule has 1 aromatic carbocycles. The van der Waals surface area contributed by atoms with Gasteiger partial charge in [-0.3, -0.25) is 10.1 Å². The monoisotopic (exact) mass is 361 g/mol. The SMILES string of the molecule is CC(O)c1cc([N+](=O)[O-])c(Oc2cc(F)ccc2Br)s1. The molecule has 5 nitrogen and oxygen atoms in total. The van der Waals surface area contributed by atoms with Gasteiger partial charge in [0.05, 0.1) is 15.5 Å². The lowest BCUT2D eigenvalue weighted by Crippen LogP contribution is -1.90. The summed E-state index contributed by atoms with van der Waals surface area (Å²) < 4.78 is 19.0. The van der Waals surface area contributed by atoms with Crippen molar-refractivity contribution in [1.82, 2.24) is 0 Å². The van der Waals surface area contributed by atoms with Crippen LogP contribution in [0.2, 0.25) is 0 Å². The number of aliphatic hydroxyl groups is 1. The minimum absolute atomic E-state index is 0.00259. The van der Waals surface area contributed by atoms with Crippen molar-refractivity contribution in [3.8, 4) is 10.8 Å². The Kier molecular flexibility index (Phi) is 4.36. The second-order valence-electron chi connectivity index (χ2n) is 3.93. The molecule has 0 aliphatic rings.